The first-order chi connectivity index (χ1) is 12.4. The summed E-state index contributed by atoms with van der Waals surface area (Å²) in [5.41, 5.74) is -2.56. The SMILES string of the molecule is CC(C)(C)OC(=O)N1CCC(C#N)(Cc2ccc(C(F)(F)F)cc2F)CC1. The van der Waals surface area contributed by atoms with Crippen molar-refractivity contribution in [2.24, 2.45) is 5.41 Å². The van der Waals surface area contributed by atoms with Crippen molar-refractivity contribution in [1.82, 2.24) is 4.90 Å². The number of halogens is 4. The van der Waals surface area contributed by atoms with E-state index in [1.165, 1.54) is 4.90 Å². The zero-order valence-corrected chi connectivity index (χ0v) is 15.5. The van der Waals surface area contributed by atoms with Gasteiger partial charge in [-0.05, 0) is 57.7 Å². The van der Waals surface area contributed by atoms with Crippen molar-refractivity contribution in [2.45, 2.75) is 51.8 Å². The van der Waals surface area contributed by atoms with E-state index in [0.29, 0.717) is 18.9 Å². The van der Waals surface area contributed by atoms with E-state index in [4.69, 9.17) is 4.74 Å². The van der Waals surface area contributed by atoms with Crippen LogP contribution in [0.5, 0.6) is 0 Å². The Bertz CT molecular complexity index is 740. The van der Waals surface area contributed by atoms with Crippen molar-refractivity contribution in [2.75, 3.05) is 13.1 Å². The summed E-state index contributed by atoms with van der Waals surface area (Å²) in [4.78, 5) is 13.6. The second kappa shape index (κ2) is 7.37. The maximum absolute atomic E-state index is 14.1. The molecule has 0 aliphatic carbocycles. The second-order valence-electron chi connectivity index (χ2n) is 7.84. The van der Waals surface area contributed by atoms with Crippen LogP contribution >= 0.6 is 0 Å². The van der Waals surface area contributed by atoms with Gasteiger partial charge in [-0.2, -0.15) is 18.4 Å². The Morgan fingerprint density at radius 2 is 1.85 bits per heavy atom. The highest BCUT2D eigenvalue weighted by molar-refractivity contribution is 5.68. The third kappa shape index (κ3) is 5.34. The summed E-state index contributed by atoms with van der Waals surface area (Å²) in [6.07, 6.45) is -4.51. The highest BCUT2D eigenvalue weighted by atomic mass is 19.4. The van der Waals surface area contributed by atoms with Gasteiger partial charge in [0, 0.05) is 13.1 Å². The van der Waals surface area contributed by atoms with E-state index in [9.17, 15) is 27.6 Å². The smallest absolute Gasteiger partial charge is 0.416 e. The molecule has 1 fully saturated rings. The highest BCUT2D eigenvalue weighted by Crippen LogP contribution is 2.37. The minimum absolute atomic E-state index is 0.00434. The molecule has 1 aromatic rings. The van der Waals surface area contributed by atoms with E-state index in [2.05, 4.69) is 6.07 Å². The van der Waals surface area contributed by atoms with Crippen molar-refractivity contribution in [3.05, 3.63) is 35.1 Å². The highest BCUT2D eigenvalue weighted by Gasteiger charge is 2.38. The van der Waals surface area contributed by atoms with E-state index in [-0.39, 0.29) is 25.1 Å². The predicted molar refractivity (Wildman–Crippen MR) is 90.2 cm³/mol. The number of benzene rings is 1. The molecule has 0 unspecified atom stereocenters. The van der Waals surface area contributed by atoms with Gasteiger partial charge in [-0.15, -0.1) is 0 Å². The summed E-state index contributed by atoms with van der Waals surface area (Å²) in [5, 5.41) is 9.60. The molecule has 0 N–H and O–H groups in total. The van der Waals surface area contributed by atoms with Gasteiger partial charge in [-0.25, -0.2) is 9.18 Å². The summed E-state index contributed by atoms with van der Waals surface area (Å²) in [5.74, 6) is -0.978. The number of amides is 1. The first-order valence-electron chi connectivity index (χ1n) is 8.60. The lowest BCUT2D eigenvalue weighted by Crippen LogP contribution is -2.45. The molecule has 1 saturated heterocycles. The van der Waals surface area contributed by atoms with Crippen LogP contribution in [0.4, 0.5) is 22.4 Å². The fourth-order valence-corrected chi connectivity index (χ4v) is 3.00. The maximum Gasteiger partial charge on any atom is 0.416 e. The van der Waals surface area contributed by atoms with E-state index in [0.717, 1.165) is 12.1 Å². The van der Waals surface area contributed by atoms with Crippen LogP contribution in [0.25, 0.3) is 0 Å². The molecule has 0 aromatic heterocycles. The number of piperidine rings is 1. The number of carbonyl (C=O) groups is 1. The number of ether oxygens (including phenoxy) is 1. The molecule has 4 nitrogen and oxygen atoms in total. The summed E-state index contributed by atoms with van der Waals surface area (Å²) < 4.78 is 57.4. The summed E-state index contributed by atoms with van der Waals surface area (Å²) in [6, 6.07) is 4.53. The lowest BCUT2D eigenvalue weighted by Gasteiger charge is -2.38. The van der Waals surface area contributed by atoms with Crippen LogP contribution in [0.3, 0.4) is 0 Å². The second-order valence-corrected chi connectivity index (χ2v) is 7.84. The molecule has 27 heavy (non-hydrogen) atoms. The van der Waals surface area contributed by atoms with E-state index >= 15 is 0 Å². The van der Waals surface area contributed by atoms with Gasteiger partial charge >= 0.3 is 12.3 Å². The molecule has 1 aliphatic heterocycles. The molecule has 0 atom stereocenters. The third-order valence-corrected chi connectivity index (χ3v) is 4.52. The molecular formula is C19H22F4N2O2. The van der Waals surface area contributed by atoms with Gasteiger partial charge < -0.3 is 9.64 Å². The van der Waals surface area contributed by atoms with Gasteiger partial charge in [0.05, 0.1) is 17.0 Å². The van der Waals surface area contributed by atoms with Gasteiger partial charge in [-0.1, -0.05) is 6.07 Å². The lowest BCUT2D eigenvalue weighted by molar-refractivity contribution is -0.137. The van der Waals surface area contributed by atoms with Crippen molar-refractivity contribution in [1.29, 1.82) is 5.26 Å². The molecule has 8 heteroatoms. The van der Waals surface area contributed by atoms with E-state index < -0.39 is 34.7 Å². The molecule has 148 valence electrons. The van der Waals surface area contributed by atoms with Crippen LogP contribution in [-0.2, 0) is 17.3 Å². The number of hydrogen-bond donors (Lipinski definition) is 0. The fraction of sp³-hybridized carbons (Fsp3) is 0.579. The topological polar surface area (TPSA) is 53.3 Å². The first kappa shape index (κ1) is 21.0. The Balaban J connectivity index is 2.08. The quantitative estimate of drug-likeness (QED) is 0.678. The number of alkyl halides is 3. The van der Waals surface area contributed by atoms with E-state index in [1.54, 1.807) is 20.8 Å². The Morgan fingerprint density at radius 3 is 2.30 bits per heavy atom. The van der Waals surface area contributed by atoms with E-state index in [1.807, 2.05) is 0 Å². The number of nitriles is 1. The summed E-state index contributed by atoms with van der Waals surface area (Å²) >= 11 is 0. The largest absolute Gasteiger partial charge is 0.444 e. The molecule has 1 amide bonds. The Labute approximate surface area is 155 Å². The molecule has 1 aromatic carbocycles. The summed E-state index contributed by atoms with van der Waals surface area (Å²) in [6.45, 7) is 5.79. The minimum Gasteiger partial charge on any atom is -0.444 e. The zero-order chi connectivity index (χ0) is 20.5. The van der Waals surface area contributed by atoms with Crippen LogP contribution in [0, 0.1) is 22.6 Å². The molecule has 0 spiro atoms. The van der Waals surface area contributed by atoms with Crippen molar-refractivity contribution in [3.8, 4) is 6.07 Å². The molecule has 1 heterocycles. The fourth-order valence-electron chi connectivity index (χ4n) is 3.00. The first-order valence-corrected chi connectivity index (χ1v) is 8.60. The predicted octanol–water partition coefficient (Wildman–Crippen LogP) is 4.93. The van der Waals surface area contributed by atoms with Gasteiger partial charge in [0.25, 0.3) is 0 Å². The van der Waals surface area contributed by atoms with Crippen LogP contribution in [-0.4, -0.2) is 29.7 Å². The molecule has 0 radical (unpaired) electrons. The number of rotatable bonds is 2. The molecule has 1 aliphatic rings. The Morgan fingerprint density at radius 1 is 1.26 bits per heavy atom. The Hall–Kier alpha value is -2.30. The lowest BCUT2D eigenvalue weighted by atomic mass is 9.75. The molecule has 2 rings (SSSR count). The maximum atomic E-state index is 14.1. The standard InChI is InChI=1S/C19H22F4N2O2/c1-17(2,3)27-16(26)25-8-6-18(12-24,7-9-25)11-13-4-5-14(10-15(13)20)19(21,22)23/h4-5,10H,6-9,11H2,1-3H3. The van der Waals surface area contributed by atoms with Gasteiger partial charge in [0.1, 0.15) is 11.4 Å². The van der Waals surface area contributed by atoms with Crippen molar-refractivity contribution in [3.63, 3.8) is 0 Å². The molecule has 0 saturated carbocycles. The van der Waals surface area contributed by atoms with Gasteiger partial charge in [-0.3, -0.25) is 0 Å². The zero-order valence-electron chi connectivity index (χ0n) is 15.5. The average molecular weight is 386 g/mol. The average Bonchev–Trinajstić information content (AvgIpc) is 2.54. The minimum atomic E-state index is -4.62. The monoisotopic (exact) mass is 386 g/mol. The number of likely N-dealkylation sites (tertiary alicyclic amines) is 1. The van der Waals surface area contributed by atoms with Gasteiger partial charge in [0.2, 0.25) is 0 Å². The number of hydrogen-bond acceptors (Lipinski definition) is 3. The van der Waals surface area contributed by atoms with Gasteiger partial charge in [0.15, 0.2) is 0 Å². The summed E-state index contributed by atoms with van der Waals surface area (Å²) in [7, 11) is 0. The van der Waals surface area contributed by atoms with Crippen LogP contribution in [0.2, 0.25) is 0 Å². The van der Waals surface area contributed by atoms with Crippen molar-refractivity contribution >= 4 is 6.09 Å². The normalized spacial score (nSPS) is 17.3. The number of carbonyl (C=O) groups excluding carboxylic acids is 1. The Kier molecular flexibility index (Phi) is 5.74. The third-order valence-electron chi connectivity index (χ3n) is 4.52. The van der Waals surface area contributed by atoms with Crippen LogP contribution in [0.1, 0.15) is 44.7 Å². The van der Waals surface area contributed by atoms with Crippen molar-refractivity contribution < 1.29 is 27.1 Å². The van der Waals surface area contributed by atoms with Crippen LogP contribution in [0.15, 0.2) is 18.2 Å². The number of nitrogens with zero attached hydrogens (tertiary/aromatic N) is 2. The molecule has 0 bridgehead atoms. The van der Waals surface area contributed by atoms with Crippen LogP contribution < -0.4 is 0 Å². The molecular weight excluding hydrogens is 364 g/mol.